The van der Waals surface area contributed by atoms with E-state index in [1.165, 1.54) is 0 Å². The predicted molar refractivity (Wildman–Crippen MR) is 111 cm³/mol. The normalized spacial score (nSPS) is 14.0. The standard InChI is InChI=1S/C22H27N3O3/c1-4-28-21(26)19-7-5-6-8-20(19)24-9-11-25(12-10-24)22(27)23-18-14-16(2)13-17(3)15-18/h5-8,13-15H,4,9-12H2,1-3H3,(H,23,27). The molecule has 1 aliphatic rings. The molecule has 28 heavy (non-hydrogen) atoms. The molecule has 3 rings (SSSR count). The number of benzene rings is 2. The van der Waals surface area contributed by atoms with E-state index >= 15 is 0 Å². The number of amides is 2. The van der Waals surface area contributed by atoms with Crippen molar-refractivity contribution in [1.82, 2.24) is 4.90 Å². The Kier molecular flexibility index (Phi) is 6.19. The zero-order chi connectivity index (χ0) is 20.1. The topological polar surface area (TPSA) is 61.9 Å². The quantitative estimate of drug-likeness (QED) is 0.818. The molecule has 1 heterocycles. The lowest BCUT2D eigenvalue weighted by molar-refractivity contribution is 0.0527. The maximum Gasteiger partial charge on any atom is 0.340 e. The minimum atomic E-state index is -0.312. The summed E-state index contributed by atoms with van der Waals surface area (Å²) in [6.07, 6.45) is 0. The highest BCUT2D eigenvalue weighted by Gasteiger charge is 2.24. The molecule has 0 aromatic heterocycles. The van der Waals surface area contributed by atoms with Crippen molar-refractivity contribution < 1.29 is 14.3 Å². The summed E-state index contributed by atoms with van der Waals surface area (Å²) in [6, 6.07) is 13.4. The van der Waals surface area contributed by atoms with Gasteiger partial charge in [-0.15, -0.1) is 0 Å². The Morgan fingerprint density at radius 3 is 2.29 bits per heavy atom. The van der Waals surface area contributed by atoms with Crippen LogP contribution in [0.2, 0.25) is 0 Å². The number of carbonyl (C=O) groups is 2. The first-order valence-corrected chi connectivity index (χ1v) is 9.63. The molecule has 0 aliphatic carbocycles. The van der Waals surface area contributed by atoms with Crippen molar-refractivity contribution in [3.8, 4) is 0 Å². The van der Waals surface area contributed by atoms with Gasteiger partial charge in [0.25, 0.3) is 0 Å². The molecule has 0 unspecified atom stereocenters. The van der Waals surface area contributed by atoms with Crippen LogP contribution in [0.25, 0.3) is 0 Å². The Balaban J connectivity index is 1.63. The van der Waals surface area contributed by atoms with Gasteiger partial charge in [-0.3, -0.25) is 0 Å². The Hall–Kier alpha value is -3.02. The average Bonchev–Trinajstić information content (AvgIpc) is 2.67. The highest BCUT2D eigenvalue weighted by molar-refractivity contribution is 5.96. The van der Waals surface area contributed by atoms with E-state index in [0.717, 1.165) is 22.5 Å². The second-order valence-electron chi connectivity index (χ2n) is 7.02. The molecule has 0 bridgehead atoms. The molecule has 1 aliphatic heterocycles. The van der Waals surface area contributed by atoms with Gasteiger partial charge in [-0.25, -0.2) is 9.59 Å². The smallest absolute Gasteiger partial charge is 0.340 e. The fraction of sp³-hybridized carbons (Fsp3) is 0.364. The largest absolute Gasteiger partial charge is 0.462 e. The van der Waals surface area contributed by atoms with E-state index in [-0.39, 0.29) is 12.0 Å². The summed E-state index contributed by atoms with van der Waals surface area (Å²) >= 11 is 0. The maximum atomic E-state index is 12.6. The number of nitrogens with zero attached hydrogens (tertiary/aromatic N) is 2. The van der Waals surface area contributed by atoms with Crippen LogP contribution in [-0.4, -0.2) is 49.7 Å². The van der Waals surface area contributed by atoms with Crippen molar-refractivity contribution in [3.63, 3.8) is 0 Å². The first-order chi connectivity index (χ1) is 13.5. The molecule has 6 heteroatoms. The van der Waals surface area contributed by atoms with Crippen LogP contribution in [0.4, 0.5) is 16.2 Å². The second kappa shape index (κ2) is 8.78. The number of piperazine rings is 1. The van der Waals surface area contributed by atoms with E-state index in [4.69, 9.17) is 4.74 Å². The summed E-state index contributed by atoms with van der Waals surface area (Å²) in [7, 11) is 0. The van der Waals surface area contributed by atoms with E-state index < -0.39 is 0 Å². The predicted octanol–water partition coefficient (Wildman–Crippen LogP) is 3.83. The van der Waals surface area contributed by atoms with Crippen LogP contribution in [0.1, 0.15) is 28.4 Å². The summed E-state index contributed by atoms with van der Waals surface area (Å²) in [5.74, 6) is -0.312. The third-order valence-electron chi connectivity index (χ3n) is 4.78. The number of urea groups is 1. The van der Waals surface area contributed by atoms with Crippen LogP contribution in [0.3, 0.4) is 0 Å². The minimum Gasteiger partial charge on any atom is -0.462 e. The first-order valence-electron chi connectivity index (χ1n) is 9.63. The molecule has 2 aromatic rings. The van der Waals surface area contributed by atoms with Crippen LogP contribution in [0.15, 0.2) is 42.5 Å². The Bertz CT molecular complexity index is 838. The molecule has 2 aromatic carbocycles. The molecule has 0 atom stereocenters. The van der Waals surface area contributed by atoms with Crippen molar-refractivity contribution in [3.05, 3.63) is 59.2 Å². The van der Waals surface area contributed by atoms with Gasteiger partial charge in [-0.1, -0.05) is 18.2 Å². The van der Waals surface area contributed by atoms with E-state index in [1.807, 2.05) is 44.2 Å². The van der Waals surface area contributed by atoms with Crippen molar-refractivity contribution in [2.45, 2.75) is 20.8 Å². The van der Waals surface area contributed by atoms with Gasteiger partial charge >= 0.3 is 12.0 Å². The average molecular weight is 381 g/mol. The van der Waals surface area contributed by atoms with Crippen LogP contribution >= 0.6 is 0 Å². The summed E-state index contributed by atoms with van der Waals surface area (Å²) in [6.45, 7) is 8.69. The molecular weight excluding hydrogens is 354 g/mol. The van der Waals surface area contributed by atoms with Crippen molar-refractivity contribution in [2.75, 3.05) is 43.0 Å². The van der Waals surface area contributed by atoms with E-state index in [1.54, 1.807) is 17.9 Å². The van der Waals surface area contributed by atoms with Gasteiger partial charge in [0.05, 0.1) is 17.9 Å². The van der Waals surface area contributed by atoms with Crippen LogP contribution in [0.5, 0.6) is 0 Å². The maximum absolute atomic E-state index is 12.6. The number of carbonyl (C=O) groups excluding carboxylic acids is 2. The molecule has 0 saturated carbocycles. The Morgan fingerprint density at radius 1 is 1.00 bits per heavy atom. The molecule has 1 fully saturated rings. The molecular formula is C22H27N3O3. The third-order valence-corrected chi connectivity index (χ3v) is 4.78. The van der Waals surface area contributed by atoms with Gasteiger partial charge in [0, 0.05) is 31.9 Å². The Morgan fingerprint density at radius 2 is 1.64 bits per heavy atom. The zero-order valence-electron chi connectivity index (χ0n) is 16.7. The lowest BCUT2D eigenvalue weighted by Gasteiger charge is -2.36. The fourth-order valence-corrected chi connectivity index (χ4v) is 3.53. The number of aryl methyl sites for hydroxylation is 2. The lowest BCUT2D eigenvalue weighted by atomic mass is 10.1. The summed E-state index contributed by atoms with van der Waals surface area (Å²) in [5.41, 5.74) is 4.48. The van der Waals surface area contributed by atoms with Crippen molar-refractivity contribution in [1.29, 1.82) is 0 Å². The summed E-state index contributed by atoms with van der Waals surface area (Å²) in [4.78, 5) is 28.8. The summed E-state index contributed by atoms with van der Waals surface area (Å²) in [5, 5.41) is 2.99. The van der Waals surface area contributed by atoms with Gasteiger partial charge in [0.1, 0.15) is 0 Å². The number of esters is 1. The highest BCUT2D eigenvalue weighted by atomic mass is 16.5. The number of ether oxygens (including phenoxy) is 1. The second-order valence-corrected chi connectivity index (χ2v) is 7.02. The van der Waals surface area contributed by atoms with Gasteiger partial charge in [-0.2, -0.15) is 0 Å². The zero-order valence-corrected chi connectivity index (χ0v) is 16.7. The SMILES string of the molecule is CCOC(=O)c1ccccc1N1CCN(C(=O)Nc2cc(C)cc(C)c2)CC1. The van der Waals surface area contributed by atoms with E-state index in [2.05, 4.69) is 16.3 Å². The first kappa shape index (κ1) is 19.7. The number of anilines is 2. The van der Waals surface area contributed by atoms with E-state index in [0.29, 0.717) is 38.3 Å². The minimum absolute atomic E-state index is 0.0941. The number of hydrogen-bond acceptors (Lipinski definition) is 4. The van der Waals surface area contributed by atoms with Gasteiger partial charge < -0.3 is 19.9 Å². The van der Waals surface area contributed by atoms with E-state index in [9.17, 15) is 9.59 Å². The molecule has 148 valence electrons. The lowest BCUT2D eigenvalue weighted by Crippen LogP contribution is -2.50. The van der Waals surface area contributed by atoms with Gasteiger partial charge in [0.2, 0.25) is 0 Å². The molecule has 0 spiro atoms. The molecule has 1 saturated heterocycles. The molecule has 2 amide bonds. The monoisotopic (exact) mass is 381 g/mol. The van der Waals surface area contributed by atoms with Crippen LogP contribution in [-0.2, 0) is 4.74 Å². The molecule has 0 radical (unpaired) electrons. The van der Waals surface area contributed by atoms with Crippen LogP contribution < -0.4 is 10.2 Å². The fourth-order valence-electron chi connectivity index (χ4n) is 3.53. The number of nitrogens with one attached hydrogen (secondary N) is 1. The number of para-hydroxylation sites is 1. The summed E-state index contributed by atoms with van der Waals surface area (Å²) < 4.78 is 5.16. The van der Waals surface area contributed by atoms with Gasteiger partial charge in [0.15, 0.2) is 0 Å². The van der Waals surface area contributed by atoms with Crippen molar-refractivity contribution >= 4 is 23.4 Å². The number of rotatable bonds is 4. The van der Waals surface area contributed by atoms with Crippen molar-refractivity contribution in [2.24, 2.45) is 0 Å². The third kappa shape index (κ3) is 4.63. The Labute approximate surface area is 166 Å². The molecule has 6 nitrogen and oxygen atoms in total. The number of hydrogen-bond donors (Lipinski definition) is 1. The van der Waals surface area contributed by atoms with Gasteiger partial charge in [-0.05, 0) is 56.2 Å². The van der Waals surface area contributed by atoms with Crippen LogP contribution in [0, 0.1) is 13.8 Å². The molecule has 1 N–H and O–H groups in total. The highest BCUT2D eigenvalue weighted by Crippen LogP contribution is 2.23.